The van der Waals surface area contributed by atoms with Crippen molar-refractivity contribution in [1.29, 1.82) is 0 Å². The predicted molar refractivity (Wildman–Crippen MR) is 450 cm³/mol. The first-order valence-corrected chi connectivity index (χ1v) is 41.1. The molecule has 598 valence electrons. The number of esters is 4. The lowest BCUT2D eigenvalue weighted by atomic mass is 9.84. The largest absolute Gasteiger partial charge is 0.462 e. The van der Waals surface area contributed by atoms with E-state index in [1.54, 1.807) is 44.2 Å². The van der Waals surface area contributed by atoms with Crippen molar-refractivity contribution in [3.05, 3.63) is 274 Å². The number of benzene rings is 8. The van der Waals surface area contributed by atoms with Crippen LogP contribution in [-0.4, -0.2) is 60.2 Å². The summed E-state index contributed by atoms with van der Waals surface area (Å²) in [6.45, 7) is 20.1. The molecule has 0 saturated heterocycles. The van der Waals surface area contributed by atoms with Crippen molar-refractivity contribution in [2.75, 3.05) is 47.7 Å². The summed E-state index contributed by atoms with van der Waals surface area (Å²) in [6.07, 6.45) is 30.0. The van der Waals surface area contributed by atoms with E-state index in [2.05, 4.69) is 69.4 Å². The average Bonchev–Trinajstić information content (AvgIpc) is 0.853. The summed E-state index contributed by atoms with van der Waals surface area (Å²) in [5.41, 5.74) is 17.0. The van der Waals surface area contributed by atoms with E-state index in [1.165, 1.54) is 174 Å². The standard InChI is InChI=1S/C24H28N2O2.C24H31NO2.2C23H28N2O4/c1-3-28-24(27)21-12-11-20(15-18-7-5-4-6-8-18)23(16-21)26-17-19-9-13-22(25-2)14-10-19;1-3-27-24(26)22-14-13-21(15-19-7-5-4-6-8-19)23(16-22)25-17-20-11-9-18(2)10-12-20;1-2-29-23(26)19-13-12-18(14-17-8-4-3-5-9-17)21(15-19)24-16-20-10-6-7-11-22(20)25(27)28;1-2-29-23(26)20-11-10-19(14-17-6-4-3-5-7-17)22(15-20)24-16-18-8-12-21(13-9-18)25(27)28/h9-14,16,18,26H,3-8,15,17H2,1H3;9-14,16,19,25H,3-8,15,17H2,1-2H3;6-7,10-13,15,17,24H,2-5,8-9,14,16H2,1H3;8-13,15,17,24H,2-7,14,16H2,1H3. The molecule has 0 aromatic heterocycles. The Hall–Kier alpha value is -10.9. The van der Waals surface area contributed by atoms with Crippen molar-refractivity contribution in [2.24, 2.45) is 23.7 Å². The van der Waals surface area contributed by atoms with Crippen LogP contribution >= 0.6 is 0 Å². The molecule has 8 aromatic carbocycles. The number of nitrogens with zero attached hydrogens (tertiary/aromatic N) is 3. The molecule has 4 aliphatic carbocycles. The minimum atomic E-state index is -0.400. The van der Waals surface area contributed by atoms with Crippen LogP contribution < -0.4 is 21.3 Å². The number of anilines is 4. The maximum atomic E-state index is 12.2. The minimum absolute atomic E-state index is 0.0797. The molecule has 4 saturated carbocycles. The molecule has 0 radical (unpaired) electrons. The number of nitrogens with one attached hydrogen (secondary N) is 4. The van der Waals surface area contributed by atoms with Gasteiger partial charge in [0.25, 0.3) is 11.4 Å². The molecule has 8 aromatic rings. The quantitative estimate of drug-likeness (QED) is 0.0107. The summed E-state index contributed by atoms with van der Waals surface area (Å²) in [6, 6.07) is 52.6. The predicted octanol–water partition coefficient (Wildman–Crippen LogP) is 23.1. The Morgan fingerprint density at radius 2 is 0.664 bits per heavy atom. The lowest BCUT2D eigenvalue weighted by Crippen LogP contribution is -2.13. The van der Waals surface area contributed by atoms with Crippen LogP contribution in [0.25, 0.3) is 4.85 Å². The van der Waals surface area contributed by atoms with E-state index in [0.717, 1.165) is 83.5 Å². The Morgan fingerprint density at radius 1 is 0.372 bits per heavy atom. The van der Waals surface area contributed by atoms with Crippen LogP contribution in [0.2, 0.25) is 0 Å². The van der Waals surface area contributed by atoms with Gasteiger partial charge in [0.2, 0.25) is 0 Å². The van der Waals surface area contributed by atoms with Crippen LogP contribution in [0.4, 0.5) is 39.8 Å². The SMILES string of the molecule is CCOC(=O)c1ccc(CC2CCCCC2)c(NCc2ccc(C)cc2)c1.CCOC(=O)c1ccc(CC2CCCCC2)c(NCc2ccc([N+](=O)[O-])cc2)c1.CCOC(=O)c1ccc(CC2CCCCC2)c(NCc2ccccc2[N+](=O)[O-])c1.[C-]#[N+]c1ccc(CNc2cc(C(=O)OCC)ccc2CC2CCCCC2)cc1. The first kappa shape index (κ1) is 86.1. The highest BCUT2D eigenvalue weighted by molar-refractivity contribution is 5.93. The van der Waals surface area contributed by atoms with E-state index >= 15 is 0 Å². The molecule has 12 rings (SSSR count). The van der Waals surface area contributed by atoms with Crippen LogP contribution in [0.1, 0.15) is 248 Å². The van der Waals surface area contributed by atoms with Gasteiger partial charge in [-0.3, -0.25) is 20.2 Å². The minimum Gasteiger partial charge on any atom is -0.462 e. The maximum absolute atomic E-state index is 12.2. The summed E-state index contributed by atoms with van der Waals surface area (Å²) >= 11 is 0. The van der Waals surface area contributed by atoms with Crippen molar-refractivity contribution in [1.82, 2.24) is 0 Å². The van der Waals surface area contributed by atoms with Crippen LogP contribution in [0, 0.1) is 57.4 Å². The van der Waals surface area contributed by atoms with Gasteiger partial charge in [-0.1, -0.05) is 237 Å². The van der Waals surface area contributed by atoms with E-state index in [-0.39, 0.29) is 40.2 Å². The van der Waals surface area contributed by atoms with Gasteiger partial charge < -0.3 is 40.2 Å². The highest BCUT2D eigenvalue weighted by atomic mass is 16.6. The van der Waals surface area contributed by atoms with Gasteiger partial charge >= 0.3 is 23.9 Å². The number of nitro benzene ring substituents is 2. The Kier molecular flexibility index (Phi) is 35.2. The zero-order chi connectivity index (χ0) is 80.1. The number of hydrogen-bond donors (Lipinski definition) is 4. The first-order chi connectivity index (χ1) is 55.0. The molecule has 0 spiro atoms. The zero-order valence-electron chi connectivity index (χ0n) is 66.8. The number of hydrogen-bond acceptors (Lipinski definition) is 16. The number of para-hydroxylation sites is 1. The normalized spacial score (nSPS) is 14.4. The first-order valence-electron chi connectivity index (χ1n) is 41.1. The molecule has 0 unspecified atom stereocenters. The molecule has 113 heavy (non-hydrogen) atoms. The summed E-state index contributed by atoms with van der Waals surface area (Å²) in [5, 5.41) is 36.0. The average molecular weight is 1530 g/mol. The van der Waals surface area contributed by atoms with Crippen LogP contribution in [0.3, 0.4) is 0 Å². The summed E-state index contributed by atoms with van der Waals surface area (Å²) < 4.78 is 20.6. The van der Waals surface area contributed by atoms with Crippen LogP contribution in [0.5, 0.6) is 0 Å². The van der Waals surface area contributed by atoms with Crippen molar-refractivity contribution >= 4 is 63.7 Å². The molecule has 0 atom stereocenters. The van der Waals surface area contributed by atoms with Crippen LogP contribution in [0.15, 0.2) is 170 Å². The Balaban J connectivity index is 0.000000173. The number of rotatable bonds is 30. The lowest BCUT2D eigenvalue weighted by molar-refractivity contribution is -0.385. The number of carbonyl (C=O) groups excluding carboxylic acids is 4. The number of aryl methyl sites for hydroxylation is 1. The lowest BCUT2D eigenvalue weighted by Gasteiger charge is -2.23. The topological polar surface area (TPSA) is 244 Å². The van der Waals surface area contributed by atoms with Gasteiger partial charge in [-0.25, -0.2) is 24.0 Å². The van der Waals surface area contributed by atoms with E-state index in [4.69, 9.17) is 25.5 Å². The second-order valence-corrected chi connectivity index (χ2v) is 30.2. The van der Waals surface area contributed by atoms with E-state index in [9.17, 15) is 39.4 Å². The molecule has 0 bridgehead atoms. The second-order valence-electron chi connectivity index (χ2n) is 30.2. The van der Waals surface area contributed by atoms with E-state index < -0.39 is 4.92 Å². The van der Waals surface area contributed by atoms with E-state index in [0.29, 0.717) is 91.4 Å². The fourth-order valence-corrected chi connectivity index (χ4v) is 15.6. The maximum Gasteiger partial charge on any atom is 0.338 e. The number of carbonyl (C=O) groups is 4. The molecule has 0 amide bonds. The van der Waals surface area contributed by atoms with E-state index in [1.807, 2.05) is 98.8 Å². The number of ether oxygens (including phenoxy) is 4. The molecule has 0 heterocycles. The third kappa shape index (κ3) is 28.1. The van der Waals surface area contributed by atoms with Crippen LogP contribution in [-0.2, 0) is 70.8 Å². The molecule has 19 nitrogen and oxygen atoms in total. The van der Waals surface area contributed by atoms with Gasteiger partial charge in [-0.05, 0) is 171 Å². The Morgan fingerprint density at radius 3 is 0.956 bits per heavy atom. The molecular weight excluding hydrogens is 1420 g/mol. The highest BCUT2D eigenvalue weighted by Crippen LogP contribution is 2.36. The number of non-ortho nitro benzene ring substituents is 1. The van der Waals surface area contributed by atoms with Crippen molar-refractivity contribution in [2.45, 2.75) is 215 Å². The highest BCUT2D eigenvalue weighted by Gasteiger charge is 2.24. The van der Waals surface area contributed by atoms with Gasteiger partial charge in [0.1, 0.15) is 0 Å². The van der Waals surface area contributed by atoms with Crippen molar-refractivity contribution in [3.8, 4) is 0 Å². The zero-order valence-corrected chi connectivity index (χ0v) is 66.8. The molecule has 4 fully saturated rings. The number of nitro groups is 2. The summed E-state index contributed by atoms with van der Waals surface area (Å²) in [4.78, 5) is 73.5. The molecule has 0 aliphatic heterocycles. The fourth-order valence-electron chi connectivity index (χ4n) is 15.6. The summed E-state index contributed by atoms with van der Waals surface area (Å²) in [7, 11) is 0. The molecule has 19 heteroatoms. The Bertz CT molecular complexity index is 4400. The molecular formula is C94H115N7O12. The fraction of sp³-hybridized carbons (Fsp3) is 0.436. The van der Waals surface area contributed by atoms with Crippen molar-refractivity contribution in [3.63, 3.8) is 0 Å². The van der Waals surface area contributed by atoms with Crippen molar-refractivity contribution < 1.29 is 48.0 Å². The monoisotopic (exact) mass is 1530 g/mol. The smallest absolute Gasteiger partial charge is 0.338 e. The third-order valence-electron chi connectivity index (χ3n) is 21.9. The van der Waals surface area contributed by atoms with Gasteiger partial charge in [0.05, 0.1) is 65.1 Å². The second kappa shape index (κ2) is 46.2. The molecule has 4 N–H and O–H groups in total. The van der Waals surface area contributed by atoms with Gasteiger partial charge in [0.15, 0.2) is 5.69 Å². The Labute approximate surface area is 668 Å². The summed E-state index contributed by atoms with van der Waals surface area (Å²) in [5.74, 6) is 1.59. The molecule has 4 aliphatic rings. The third-order valence-corrected chi connectivity index (χ3v) is 21.9. The van der Waals surface area contributed by atoms with Gasteiger partial charge in [-0.2, -0.15) is 0 Å². The van der Waals surface area contributed by atoms with Gasteiger partial charge in [0, 0.05) is 72.7 Å². The van der Waals surface area contributed by atoms with Gasteiger partial charge in [-0.15, -0.1) is 0 Å².